The Morgan fingerprint density at radius 1 is 0.307 bits per heavy atom. The van der Waals surface area contributed by atoms with E-state index in [0.29, 0.717) is 19.4 Å². The normalized spacial score (nSPS) is 12.5. The summed E-state index contributed by atoms with van der Waals surface area (Å²) in [5, 5.41) is 23.3. The van der Waals surface area contributed by atoms with E-state index in [2.05, 4.69) is 31.3 Å². The number of aliphatic hydroxyl groups is 2. The number of nitrogens with one attached hydrogen (secondary N) is 1. The lowest BCUT2D eigenvalue weighted by Crippen LogP contribution is -2.45. The van der Waals surface area contributed by atoms with E-state index < -0.39 is 12.1 Å². The zero-order valence-corrected chi connectivity index (χ0v) is 60.0. The summed E-state index contributed by atoms with van der Waals surface area (Å²) in [7, 11) is 0. The van der Waals surface area contributed by atoms with E-state index in [-0.39, 0.29) is 18.5 Å². The topological polar surface area (TPSA) is 95.9 Å². The molecule has 0 bridgehead atoms. The van der Waals surface area contributed by atoms with Gasteiger partial charge in [0, 0.05) is 12.8 Å². The van der Waals surface area contributed by atoms with Crippen LogP contribution in [0.25, 0.3) is 0 Å². The maximum Gasteiger partial charge on any atom is 0.305 e. The van der Waals surface area contributed by atoms with Crippen molar-refractivity contribution in [1.29, 1.82) is 0 Å². The van der Waals surface area contributed by atoms with Crippen LogP contribution < -0.4 is 5.32 Å². The summed E-state index contributed by atoms with van der Waals surface area (Å²) < 4.78 is 5.51. The zero-order chi connectivity index (χ0) is 63.5. The van der Waals surface area contributed by atoms with Crippen LogP contribution in [0, 0.1) is 0 Å². The summed E-state index contributed by atoms with van der Waals surface area (Å²) in [6.07, 6.45) is 100. The lowest BCUT2D eigenvalue weighted by atomic mass is 10.0. The van der Waals surface area contributed by atoms with Gasteiger partial charge in [-0.05, 0) is 57.8 Å². The van der Waals surface area contributed by atoms with Crippen LogP contribution in [0.4, 0.5) is 0 Å². The van der Waals surface area contributed by atoms with Crippen molar-refractivity contribution in [2.75, 3.05) is 13.2 Å². The van der Waals surface area contributed by atoms with Gasteiger partial charge < -0.3 is 20.3 Å². The first-order valence-electron chi connectivity index (χ1n) is 40.6. The van der Waals surface area contributed by atoms with Gasteiger partial charge in [-0.2, -0.15) is 0 Å². The van der Waals surface area contributed by atoms with Gasteiger partial charge in [0.15, 0.2) is 0 Å². The molecule has 6 heteroatoms. The maximum absolute atomic E-state index is 12.6. The minimum Gasteiger partial charge on any atom is -0.466 e. The van der Waals surface area contributed by atoms with Crippen molar-refractivity contribution in [3.63, 3.8) is 0 Å². The minimum absolute atomic E-state index is 0.0225. The van der Waals surface area contributed by atoms with Gasteiger partial charge in [0.1, 0.15) is 0 Å². The Bertz CT molecular complexity index is 1380. The monoisotopic (exact) mass is 1240 g/mol. The predicted octanol–water partition coefficient (Wildman–Crippen LogP) is 26.8. The van der Waals surface area contributed by atoms with Gasteiger partial charge in [0.2, 0.25) is 5.91 Å². The fourth-order valence-electron chi connectivity index (χ4n) is 13.0. The summed E-state index contributed by atoms with van der Waals surface area (Å²) >= 11 is 0. The summed E-state index contributed by atoms with van der Waals surface area (Å²) in [6.45, 7) is 4.97. The van der Waals surface area contributed by atoms with E-state index in [9.17, 15) is 19.8 Å². The van der Waals surface area contributed by atoms with Crippen molar-refractivity contribution < 1.29 is 24.5 Å². The molecule has 0 aromatic heterocycles. The van der Waals surface area contributed by atoms with Crippen LogP contribution in [0.15, 0.2) is 24.3 Å². The average molecular weight is 1240 g/mol. The molecule has 88 heavy (non-hydrogen) atoms. The van der Waals surface area contributed by atoms with Crippen molar-refractivity contribution in [3.8, 4) is 0 Å². The Kier molecular flexibility index (Phi) is 76.3. The summed E-state index contributed by atoms with van der Waals surface area (Å²) in [5.74, 6) is -0.0381. The molecule has 0 aliphatic carbocycles. The zero-order valence-electron chi connectivity index (χ0n) is 60.0. The molecule has 0 radical (unpaired) electrons. The molecule has 522 valence electrons. The van der Waals surface area contributed by atoms with E-state index in [0.717, 1.165) is 38.5 Å². The van der Waals surface area contributed by atoms with Crippen molar-refractivity contribution in [2.24, 2.45) is 0 Å². The number of hydrogen-bond acceptors (Lipinski definition) is 5. The number of esters is 1. The summed E-state index contributed by atoms with van der Waals surface area (Å²) in [5.41, 5.74) is 0. The molecule has 0 aromatic carbocycles. The number of carbonyl (C=O) groups is 2. The van der Waals surface area contributed by atoms with Gasteiger partial charge in [-0.1, -0.05) is 417 Å². The first-order chi connectivity index (χ1) is 43.5. The molecule has 6 nitrogen and oxygen atoms in total. The number of amides is 1. The smallest absolute Gasteiger partial charge is 0.305 e. The Labute approximate surface area is 551 Å². The molecule has 2 unspecified atom stereocenters. The van der Waals surface area contributed by atoms with Crippen LogP contribution in [0.3, 0.4) is 0 Å². The average Bonchev–Trinajstić information content (AvgIpc) is 3.57. The fourth-order valence-corrected chi connectivity index (χ4v) is 13.0. The molecule has 0 aliphatic heterocycles. The van der Waals surface area contributed by atoms with Crippen LogP contribution in [0.1, 0.15) is 463 Å². The Morgan fingerprint density at radius 2 is 0.534 bits per heavy atom. The highest BCUT2D eigenvalue weighted by Gasteiger charge is 2.18. The molecule has 0 saturated carbocycles. The minimum atomic E-state index is -0.844. The number of unbranched alkanes of at least 4 members (excludes halogenated alkanes) is 64. The molecular formula is C82H159NO5. The first-order valence-corrected chi connectivity index (χ1v) is 40.6. The van der Waals surface area contributed by atoms with Crippen LogP contribution in [-0.4, -0.2) is 47.4 Å². The van der Waals surface area contributed by atoms with Crippen molar-refractivity contribution in [3.05, 3.63) is 24.3 Å². The molecular weight excluding hydrogens is 1080 g/mol. The number of ether oxygens (including phenoxy) is 1. The van der Waals surface area contributed by atoms with Crippen molar-refractivity contribution in [1.82, 2.24) is 5.32 Å². The van der Waals surface area contributed by atoms with Crippen molar-refractivity contribution in [2.45, 2.75) is 475 Å². The third-order valence-corrected chi connectivity index (χ3v) is 19.2. The van der Waals surface area contributed by atoms with Crippen molar-refractivity contribution >= 4 is 11.9 Å². The summed E-state index contributed by atoms with van der Waals surface area (Å²) in [4.78, 5) is 24.7. The Morgan fingerprint density at radius 3 is 0.807 bits per heavy atom. The van der Waals surface area contributed by atoms with E-state index in [1.165, 1.54) is 398 Å². The predicted molar refractivity (Wildman–Crippen MR) is 389 cm³/mol. The third-order valence-electron chi connectivity index (χ3n) is 19.2. The second-order valence-corrected chi connectivity index (χ2v) is 28.1. The second-order valence-electron chi connectivity index (χ2n) is 28.1. The summed E-state index contributed by atoms with van der Waals surface area (Å²) in [6, 6.07) is -0.628. The largest absolute Gasteiger partial charge is 0.466 e. The van der Waals surface area contributed by atoms with Gasteiger partial charge in [-0.15, -0.1) is 0 Å². The molecule has 2 atom stereocenters. The van der Waals surface area contributed by atoms with Crippen LogP contribution in [-0.2, 0) is 14.3 Å². The fraction of sp³-hybridized carbons (Fsp3) is 0.927. The lowest BCUT2D eigenvalue weighted by Gasteiger charge is -2.20. The van der Waals surface area contributed by atoms with Crippen LogP contribution >= 0.6 is 0 Å². The molecule has 0 spiro atoms. The molecule has 1 amide bonds. The number of allylic oxidation sites excluding steroid dienone is 3. The van der Waals surface area contributed by atoms with Crippen LogP contribution in [0.2, 0.25) is 0 Å². The second kappa shape index (κ2) is 77.8. The molecule has 0 rings (SSSR count). The van der Waals surface area contributed by atoms with E-state index >= 15 is 0 Å². The Balaban J connectivity index is 3.37. The van der Waals surface area contributed by atoms with Gasteiger partial charge >= 0.3 is 5.97 Å². The van der Waals surface area contributed by atoms with E-state index in [1.54, 1.807) is 6.08 Å². The highest BCUT2D eigenvalue weighted by Crippen LogP contribution is 2.20. The third kappa shape index (κ3) is 73.4. The first kappa shape index (κ1) is 86.3. The maximum atomic E-state index is 12.6. The molecule has 0 heterocycles. The molecule has 0 aliphatic rings. The SMILES string of the molecule is CCCCCCCCCCCCCCCCCCCCCCC/C=C/C(O)C(CO)NC(=O)CCCCCCCCCCCCCCCCC/C=C\CCCCCCCCCCCCCCOC(=O)CCCCCCCCCCCCCCCCCCC. The number of rotatable bonds is 77. The highest BCUT2D eigenvalue weighted by atomic mass is 16.5. The van der Waals surface area contributed by atoms with Gasteiger partial charge in [0.05, 0.1) is 25.4 Å². The molecule has 0 aromatic rings. The van der Waals surface area contributed by atoms with E-state index in [4.69, 9.17) is 4.74 Å². The van der Waals surface area contributed by atoms with Crippen LogP contribution in [0.5, 0.6) is 0 Å². The molecule has 0 fully saturated rings. The highest BCUT2D eigenvalue weighted by molar-refractivity contribution is 5.76. The molecule has 3 N–H and O–H groups in total. The van der Waals surface area contributed by atoms with Gasteiger partial charge in [-0.3, -0.25) is 9.59 Å². The lowest BCUT2D eigenvalue weighted by molar-refractivity contribution is -0.143. The Hall–Kier alpha value is -1.66. The molecule has 0 saturated heterocycles. The van der Waals surface area contributed by atoms with Gasteiger partial charge in [0.25, 0.3) is 0 Å². The van der Waals surface area contributed by atoms with E-state index in [1.807, 2.05) is 6.08 Å². The number of aliphatic hydroxyl groups excluding tert-OH is 2. The number of hydrogen-bond donors (Lipinski definition) is 3. The van der Waals surface area contributed by atoms with Gasteiger partial charge in [-0.25, -0.2) is 0 Å². The number of carbonyl (C=O) groups excluding carboxylic acids is 2. The quantitative estimate of drug-likeness (QED) is 0.0320. The standard InChI is InChI=1S/C82H159NO5/c1-3-5-7-9-11-13-15-17-19-21-22-23-33-36-39-43-46-50-54-58-62-66-70-74-80(85)79(78-84)83-81(86)75-71-67-63-59-55-51-47-44-40-37-34-31-29-27-25-24-26-28-30-32-35-38-41-45-49-53-57-61-65-69-73-77-88-82(87)76-72-68-64-60-56-52-48-42-20-18-16-14-12-10-8-6-4-2/h26,28,70,74,79-80,84-85H,3-25,27,29-69,71-73,75-78H2,1-2H3,(H,83,86)/b28-26-,74-70+.